The van der Waals surface area contributed by atoms with Gasteiger partial charge in [-0.05, 0) is 18.4 Å². The van der Waals surface area contributed by atoms with Crippen molar-refractivity contribution in [2.24, 2.45) is 0 Å². The Morgan fingerprint density at radius 2 is 2.42 bits per heavy atom. The number of sulfonamides is 1. The Morgan fingerprint density at radius 1 is 1.63 bits per heavy atom. The quantitative estimate of drug-likeness (QED) is 0.811. The Hall–Kier alpha value is -0.960. The molecule has 0 saturated carbocycles. The number of nitrogens with one attached hydrogen (secondary N) is 2. The third-order valence-corrected chi connectivity index (χ3v) is 6.19. The number of amides is 1. The number of rotatable bonds is 4. The molecule has 1 unspecified atom stereocenters. The van der Waals surface area contributed by atoms with Gasteiger partial charge in [-0.1, -0.05) is 6.07 Å². The molecule has 0 aromatic carbocycles. The van der Waals surface area contributed by atoms with E-state index in [1.54, 1.807) is 17.5 Å². The molecule has 1 aromatic heterocycles. The predicted octanol–water partition coefficient (Wildman–Crippen LogP) is -0.153. The maximum Gasteiger partial charge on any atom is 0.253 e. The van der Waals surface area contributed by atoms with Crippen LogP contribution in [0.4, 0.5) is 0 Å². The van der Waals surface area contributed by atoms with Gasteiger partial charge in [-0.2, -0.15) is 4.31 Å². The van der Waals surface area contributed by atoms with Crippen LogP contribution in [0.3, 0.4) is 0 Å². The molecular formula is C11H17N3O3S2. The van der Waals surface area contributed by atoms with Crippen LogP contribution in [-0.4, -0.2) is 50.9 Å². The molecule has 1 amide bonds. The minimum atomic E-state index is -3.58. The summed E-state index contributed by atoms with van der Waals surface area (Å²) in [4.78, 5) is 12.0. The number of carbonyl (C=O) groups is 1. The Kier molecular flexibility index (Phi) is 4.56. The summed E-state index contributed by atoms with van der Waals surface area (Å²) in [5.74, 6) is -0.255. The molecule has 1 aromatic rings. The highest BCUT2D eigenvalue weighted by atomic mass is 32.2. The number of hydrogen-bond donors (Lipinski definition) is 2. The molecule has 2 heterocycles. The highest BCUT2D eigenvalue weighted by molar-refractivity contribution is 7.91. The van der Waals surface area contributed by atoms with Gasteiger partial charge >= 0.3 is 0 Å². The number of carbonyl (C=O) groups excluding carboxylic acids is 1. The third kappa shape index (κ3) is 2.97. The van der Waals surface area contributed by atoms with Crippen molar-refractivity contribution in [3.8, 4) is 0 Å². The summed E-state index contributed by atoms with van der Waals surface area (Å²) in [5, 5.41) is 7.46. The van der Waals surface area contributed by atoms with E-state index >= 15 is 0 Å². The first-order valence-electron chi connectivity index (χ1n) is 6.11. The summed E-state index contributed by atoms with van der Waals surface area (Å²) < 4.78 is 26.6. The van der Waals surface area contributed by atoms with Crippen LogP contribution in [0.1, 0.15) is 6.92 Å². The molecule has 0 radical (unpaired) electrons. The predicted molar refractivity (Wildman–Crippen MR) is 73.6 cm³/mol. The summed E-state index contributed by atoms with van der Waals surface area (Å²) in [6.07, 6.45) is 0. The molecule has 0 bridgehead atoms. The fourth-order valence-electron chi connectivity index (χ4n) is 2.01. The lowest BCUT2D eigenvalue weighted by molar-refractivity contribution is -0.125. The summed E-state index contributed by atoms with van der Waals surface area (Å²) in [5.41, 5.74) is 0. The van der Waals surface area contributed by atoms with Gasteiger partial charge in [-0.15, -0.1) is 11.3 Å². The van der Waals surface area contributed by atoms with Gasteiger partial charge in [-0.3, -0.25) is 4.79 Å². The standard InChI is InChI=1S/C11H17N3O3S2/c1-2-13-11(15)9-8-12-5-6-14(9)19(16,17)10-4-3-7-18-10/h3-4,7,9,12H,2,5-6,8H2,1H3,(H,13,15). The second-order valence-electron chi connectivity index (χ2n) is 4.16. The van der Waals surface area contributed by atoms with Crippen LogP contribution in [0.2, 0.25) is 0 Å². The topological polar surface area (TPSA) is 78.5 Å². The van der Waals surface area contributed by atoms with Gasteiger partial charge in [0.1, 0.15) is 10.3 Å². The highest BCUT2D eigenvalue weighted by Gasteiger charge is 2.37. The minimum Gasteiger partial charge on any atom is -0.355 e. The molecule has 0 aliphatic carbocycles. The molecule has 1 atom stereocenters. The summed E-state index contributed by atoms with van der Waals surface area (Å²) in [6.45, 7) is 3.51. The monoisotopic (exact) mass is 303 g/mol. The van der Waals surface area contributed by atoms with Crippen molar-refractivity contribution in [3.05, 3.63) is 17.5 Å². The maximum absolute atomic E-state index is 12.5. The smallest absolute Gasteiger partial charge is 0.253 e. The molecular weight excluding hydrogens is 286 g/mol. The van der Waals surface area contributed by atoms with Crippen molar-refractivity contribution in [1.82, 2.24) is 14.9 Å². The zero-order valence-electron chi connectivity index (χ0n) is 10.6. The van der Waals surface area contributed by atoms with E-state index in [2.05, 4.69) is 10.6 Å². The van der Waals surface area contributed by atoms with Crippen LogP contribution >= 0.6 is 11.3 Å². The highest BCUT2D eigenvalue weighted by Crippen LogP contribution is 2.23. The minimum absolute atomic E-state index is 0.255. The molecule has 19 heavy (non-hydrogen) atoms. The SMILES string of the molecule is CCNC(=O)C1CNCCN1S(=O)(=O)c1cccs1. The van der Waals surface area contributed by atoms with Gasteiger partial charge in [0.05, 0.1) is 0 Å². The van der Waals surface area contributed by atoms with Gasteiger partial charge in [0.15, 0.2) is 0 Å². The Labute approximate surface area is 116 Å². The van der Waals surface area contributed by atoms with Gasteiger partial charge in [0.25, 0.3) is 10.0 Å². The number of piperazine rings is 1. The van der Waals surface area contributed by atoms with E-state index in [9.17, 15) is 13.2 Å². The molecule has 1 saturated heterocycles. The van der Waals surface area contributed by atoms with E-state index in [0.29, 0.717) is 26.2 Å². The fraction of sp³-hybridized carbons (Fsp3) is 0.545. The van der Waals surface area contributed by atoms with Gasteiger partial charge in [0, 0.05) is 26.2 Å². The summed E-state index contributed by atoms with van der Waals surface area (Å²) in [6, 6.07) is 2.58. The first kappa shape index (κ1) is 14.4. The number of hydrogen-bond acceptors (Lipinski definition) is 5. The molecule has 1 aliphatic rings. The van der Waals surface area contributed by atoms with Crippen LogP contribution in [0.5, 0.6) is 0 Å². The average Bonchev–Trinajstić information content (AvgIpc) is 2.93. The molecule has 1 fully saturated rings. The first-order chi connectivity index (χ1) is 9.07. The lowest BCUT2D eigenvalue weighted by atomic mass is 10.2. The first-order valence-corrected chi connectivity index (χ1v) is 8.43. The molecule has 1 aliphatic heterocycles. The van der Waals surface area contributed by atoms with Crippen molar-refractivity contribution in [2.45, 2.75) is 17.2 Å². The molecule has 6 nitrogen and oxygen atoms in total. The number of thiophene rings is 1. The van der Waals surface area contributed by atoms with Gasteiger partial charge in [0.2, 0.25) is 5.91 Å². The van der Waals surface area contributed by atoms with Crippen LogP contribution < -0.4 is 10.6 Å². The Balaban J connectivity index is 2.27. The molecule has 2 N–H and O–H groups in total. The van der Waals surface area contributed by atoms with Crippen molar-refractivity contribution in [2.75, 3.05) is 26.2 Å². The normalized spacial score (nSPS) is 21.2. The second-order valence-corrected chi connectivity index (χ2v) is 7.23. The fourth-order valence-corrected chi connectivity index (χ4v) is 4.72. The van der Waals surface area contributed by atoms with Crippen LogP contribution in [0, 0.1) is 0 Å². The van der Waals surface area contributed by atoms with Gasteiger partial charge in [-0.25, -0.2) is 8.42 Å². The summed E-state index contributed by atoms with van der Waals surface area (Å²) in [7, 11) is -3.58. The van der Waals surface area contributed by atoms with E-state index in [4.69, 9.17) is 0 Å². The van der Waals surface area contributed by atoms with E-state index in [1.807, 2.05) is 6.92 Å². The molecule has 106 valence electrons. The Bertz CT molecular complexity index is 527. The Morgan fingerprint density at radius 3 is 3.05 bits per heavy atom. The molecule has 8 heteroatoms. The van der Waals surface area contributed by atoms with E-state index in [0.717, 1.165) is 0 Å². The van der Waals surface area contributed by atoms with E-state index < -0.39 is 16.1 Å². The zero-order valence-corrected chi connectivity index (χ0v) is 12.3. The largest absolute Gasteiger partial charge is 0.355 e. The van der Waals surface area contributed by atoms with Crippen molar-refractivity contribution in [1.29, 1.82) is 0 Å². The van der Waals surface area contributed by atoms with Crippen LogP contribution in [-0.2, 0) is 14.8 Å². The van der Waals surface area contributed by atoms with E-state index in [1.165, 1.54) is 15.6 Å². The number of likely N-dealkylation sites (N-methyl/N-ethyl adjacent to an activating group) is 1. The lowest BCUT2D eigenvalue weighted by Gasteiger charge is -2.33. The third-order valence-electron chi connectivity index (χ3n) is 2.91. The molecule has 2 rings (SSSR count). The van der Waals surface area contributed by atoms with Crippen molar-refractivity contribution < 1.29 is 13.2 Å². The number of nitrogens with zero attached hydrogens (tertiary/aromatic N) is 1. The van der Waals surface area contributed by atoms with Crippen LogP contribution in [0.25, 0.3) is 0 Å². The molecule has 0 spiro atoms. The van der Waals surface area contributed by atoms with Gasteiger partial charge < -0.3 is 10.6 Å². The zero-order chi connectivity index (χ0) is 13.9. The average molecular weight is 303 g/mol. The second kappa shape index (κ2) is 6.00. The lowest BCUT2D eigenvalue weighted by Crippen LogP contribution is -2.59. The van der Waals surface area contributed by atoms with Crippen molar-refractivity contribution in [3.63, 3.8) is 0 Å². The summed E-state index contributed by atoms with van der Waals surface area (Å²) >= 11 is 1.17. The van der Waals surface area contributed by atoms with Crippen molar-refractivity contribution >= 4 is 27.3 Å². The maximum atomic E-state index is 12.5. The van der Waals surface area contributed by atoms with Crippen LogP contribution in [0.15, 0.2) is 21.7 Å². The van der Waals surface area contributed by atoms with E-state index in [-0.39, 0.29) is 10.1 Å².